The van der Waals surface area contributed by atoms with E-state index in [4.69, 9.17) is 9.73 Å². The molecule has 0 amide bonds. The van der Waals surface area contributed by atoms with Gasteiger partial charge in [0.25, 0.3) is 0 Å². The molecule has 1 saturated heterocycles. The van der Waals surface area contributed by atoms with Crippen molar-refractivity contribution in [3.8, 4) is 0 Å². The van der Waals surface area contributed by atoms with Crippen molar-refractivity contribution < 1.29 is 23.4 Å². The lowest BCUT2D eigenvalue weighted by atomic mass is 9.82. The normalized spacial score (nSPS) is 33.5. The maximum absolute atomic E-state index is 13.5. The Morgan fingerprint density at radius 1 is 1.21 bits per heavy atom. The number of alkyl halides is 2. The third-order valence-corrected chi connectivity index (χ3v) is 8.01. The second-order valence-corrected chi connectivity index (χ2v) is 11.1. The van der Waals surface area contributed by atoms with Crippen molar-refractivity contribution in [2.45, 2.75) is 95.9 Å². The molecule has 186 valence electrons. The van der Waals surface area contributed by atoms with Crippen LogP contribution in [0.5, 0.6) is 0 Å². The molecule has 2 fully saturated rings. The van der Waals surface area contributed by atoms with Gasteiger partial charge in [-0.15, -0.1) is 0 Å². The van der Waals surface area contributed by atoms with Crippen LogP contribution in [0.4, 0.5) is 8.78 Å². The van der Waals surface area contributed by atoms with Gasteiger partial charge in [-0.05, 0) is 70.3 Å². The molecule has 4 aliphatic rings. The number of carbonyl (C=O) groups is 1. The summed E-state index contributed by atoms with van der Waals surface area (Å²) in [6.07, 6.45) is 8.46. The Balaban J connectivity index is 1.22. The average Bonchev–Trinajstić information content (AvgIpc) is 3.28. The van der Waals surface area contributed by atoms with Crippen LogP contribution in [0, 0.1) is 17.3 Å². The van der Waals surface area contributed by atoms with E-state index in [0.717, 1.165) is 45.2 Å². The average molecular weight is 468 g/mol. The molecular formula is C25H39F2N3O3. The van der Waals surface area contributed by atoms with E-state index >= 15 is 0 Å². The molecule has 0 spiro atoms. The van der Waals surface area contributed by atoms with Crippen LogP contribution in [0.25, 0.3) is 0 Å². The Hall–Kier alpha value is -1.38. The van der Waals surface area contributed by atoms with E-state index in [0.29, 0.717) is 30.7 Å². The molecule has 2 aliphatic carbocycles. The molecule has 2 heterocycles. The topological polar surface area (TPSA) is 83.0 Å². The second kappa shape index (κ2) is 10.1. The fraction of sp³-hybridized carbons (Fsp3) is 0.840. The number of aliphatic imine (C=N–C) groups is 1. The third kappa shape index (κ3) is 6.20. The van der Waals surface area contributed by atoms with Gasteiger partial charge in [0.15, 0.2) is 0 Å². The van der Waals surface area contributed by atoms with Crippen LogP contribution in [-0.2, 0) is 9.53 Å². The molecule has 8 heteroatoms. The van der Waals surface area contributed by atoms with Crippen LogP contribution in [0.15, 0.2) is 16.6 Å². The van der Waals surface area contributed by atoms with Crippen LogP contribution in [0.3, 0.4) is 0 Å². The maximum atomic E-state index is 13.5. The molecule has 4 unspecified atom stereocenters. The highest BCUT2D eigenvalue weighted by atomic mass is 19.3. The minimum Gasteiger partial charge on any atom is -0.481 e. The van der Waals surface area contributed by atoms with Gasteiger partial charge in [-0.3, -0.25) is 15.1 Å². The van der Waals surface area contributed by atoms with Gasteiger partial charge in [0.2, 0.25) is 5.92 Å². The fourth-order valence-corrected chi connectivity index (χ4v) is 5.54. The van der Waals surface area contributed by atoms with Crippen molar-refractivity contribution in [1.29, 1.82) is 0 Å². The molecule has 0 radical (unpaired) electrons. The Kier molecular flexibility index (Phi) is 7.56. The Morgan fingerprint density at radius 3 is 2.58 bits per heavy atom. The summed E-state index contributed by atoms with van der Waals surface area (Å²) in [5.74, 6) is -2.53. The quantitative estimate of drug-likeness (QED) is 0.524. The van der Waals surface area contributed by atoms with Crippen molar-refractivity contribution in [2.24, 2.45) is 22.2 Å². The number of nitrogens with zero attached hydrogens (tertiary/aromatic N) is 1. The number of carboxylic acids is 1. The number of halogens is 2. The number of rotatable bonds is 7. The zero-order valence-corrected chi connectivity index (χ0v) is 19.9. The van der Waals surface area contributed by atoms with Crippen molar-refractivity contribution >= 4 is 11.7 Å². The van der Waals surface area contributed by atoms with Crippen LogP contribution < -0.4 is 10.6 Å². The zero-order chi connectivity index (χ0) is 23.6. The standard InChI is InChI=1S/C25H39F2N3O3/c1-24(2,23(31)32)15-33-19-6-3-16(4-7-19)20-8-5-18(13-28-20)22-29-14-21(30-22)17-9-11-25(26,27)12-10-17/h3,17-19,21-22,29-30H,4-15H2,1-2H3,(H,31,32). The van der Waals surface area contributed by atoms with Gasteiger partial charge < -0.3 is 15.2 Å². The van der Waals surface area contributed by atoms with E-state index in [1.807, 2.05) is 0 Å². The molecule has 0 bridgehead atoms. The fourth-order valence-electron chi connectivity index (χ4n) is 5.54. The molecule has 4 atom stereocenters. The number of aliphatic carboxylic acids is 1. The SMILES string of the molecule is CC(C)(COC1CC=C(C2=NCC(C3NCC(C4CCC(F)(F)CC4)N3)CC2)CC1)C(=O)O. The van der Waals surface area contributed by atoms with Gasteiger partial charge >= 0.3 is 5.97 Å². The summed E-state index contributed by atoms with van der Waals surface area (Å²) in [4.78, 5) is 16.2. The number of allylic oxidation sites excluding steroid dienone is 1. The molecule has 6 nitrogen and oxygen atoms in total. The van der Waals surface area contributed by atoms with E-state index in [9.17, 15) is 18.7 Å². The van der Waals surface area contributed by atoms with Crippen molar-refractivity contribution in [3.05, 3.63) is 11.6 Å². The molecule has 0 aromatic carbocycles. The summed E-state index contributed by atoms with van der Waals surface area (Å²) < 4.78 is 32.8. The van der Waals surface area contributed by atoms with Gasteiger partial charge in [0.05, 0.1) is 24.3 Å². The number of ether oxygens (including phenoxy) is 1. The predicted octanol–water partition coefficient (Wildman–Crippen LogP) is 4.16. The lowest BCUT2D eigenvalue weighted by Crippen LogP contribution is -2.45. The number of nitrogens with one attached hydrogen (secondary N) is 2. The number of carboxylic acid groups (broad SMARTS) is 1. The molecule has 1 saturated carbocycles. The van der Waals surface area contributed by atoms with Gasteiger partial charge in [0.1, 0.15) is 0 Å². The van der Waals surface area contributed by atoms with Crippen LogP contribution in [0.1, 0.15) is 71.6 Å². The molecule has 0 aromatic rings. The Labute approximate surface area is 195 Å². The first kappa shape index (κ1) is 24.7. The first-order valence-electron chi connectivity index (χ1n) is 12.6. The van der Waals surface area contributed by atoms with Crippen LogP contribution >= 0.6 is 0 Å². The highest BCUT2D eigenvalue weighted by Gasteiger charge is 2.41. The van der Waals surface area contributed by atoms with Crippen molar-refractivity contribution in [2.75, 3.05) is 19.7 Å². The van der Waals surface area contributed by atoms with E-state index < -0.39 is 17.3 Å². The molecule has 0 aromatic heterocycles. The minimum atomic E-state index is -2.47. The lowest BCUT2D eigenvalue weighted by Gasteiger charge is -2.33. The highest BCUT2D eigenvalue weighted by molar-refractivity contribution is 6.00. The summed E-state index contributed by atoms with van der Waals surface area (Å²) >= 11 is 0. The molecule has 33 heavy (non-hydrogen) atoms. The summed E-state index contributed by atoms with van der Waals surface area (Å²) in [6, 6.07) is 0.292. The van der Waals surface area contributed by atoms with E-state index in [2.05, 4.69) is 16.7 Å². The van der Waals surface area contributed by atoms with Crippen LogP contribution in [-0.4, -0.2) is 60.7 Å². The zero-order valence-electron chi connectivity index (χ0n) is 19.9. The first-order chi connectivity index (χ1) is 15.6. The molecule has 4 rings (SSSR count). The monoisotopic (exact) mass is 467 g/mol. The highest BCUT2D eigenvalue weighted by Crippen LogP contribution is 2.38. The molecule has 3 N–H and O–H groups in total. The molecular weight excluding hydrogens is 428 g/mol. The molecule has 2 aliphatic heterocycles. The maximum Gasteiger partial charge on any atom is 0.311 e. The number of hydrogen-bond acceptors (Lipinski definition) is 5. The van der Waals surface area contributed by atoms with Crippen LogP contribution in [0.2, 0.25) is 0 Å². The van der Waals surface area contributed by atoms with E-state index in [1.54, 1.807) is 13.8 Å². The lowest BCUT2D eigenvalue weighted by molar-refractivity contribution is -0.151. The summed E-state index contributed by atoms with van der Waals surface area (Å²) in [6.45, 7) is 5.26. The summed E-state index contributed by atoms with van der Waals surface area (Å²) in [5.41, 5.74) is 1.66. The summed E-state index contributed by atoms with van der Waals surface area (Å²) in [5, 5.41) is 16.5. The Bertz CT molecular complexity index is 773. The van der Waals surface area contributed by atoms with Gasteiger partial charge in [-0.2, -0.15) is 0 Å². The van der Waals surface area contributed by atoms with Gasteiger partial charge in [-0.1, -0.05) is 6.08 Å². The van der Waals surface area contributed by atoms with Crippen molar-refractivity contribution in [3.63, 3.8) is 0 Å². The van der Waals surface area contributed by atoms with Crippen molar-refractivity contribution in [1.82, 2.24) is 10.6 Å². The smallest absolute Gasteiger partial charge is 0.311 e. The summed E-state index contributed by atoms with van der Waals surface area (Å²) in [7, 11) is 0. The van der Waals surface area contributed by atoms with E-state index in [1.165, 1.54) is 11.3 Å². The van der Waals surface area contributed by atoms with Gasteiger partial charge in [-0.25, -0.2) is 8.78 Å². The van der Waals surface area contributed by atoms with Gasteiger partial charge in [0, 0.05) is 43.6 Å². The Morgan fingerprint density at radius 2 is 1.97 bits per heavy atom. The third-order valence-electron chi connectivity index (χ3n) is 8.01. The first-order valence-corrected chi connectivity index (χ1v) is 12.6. The number of hydrogen-bond donors (Lipinski definition) is 3. The van der Waals surface area contributed by atoms with E-state index in [-0.39, 0.29) is 31.7 Å². The second-order valence-electron chi connectivity index (χ2n) is 11.1. The predicted molar refractivity (Wildman–Crippen MR) is 124 cm³/mol. The largest absolute Gasteiger partial charge is 0.481 e. The minimum absolute atomic E-state index is 0.0237.